The molecule has 24 heavy (non-hydrogen) atoms. The first-order chi connectivity index (χ1) is 11.6. The number of nitrogens with zero attached hydrogens (tertiary/aromatic N) is 2. The molecule has 0 bridgehead atoms. The van der Waals surface area contributed by atoms with Crippen LogP contribution in [0, 0.1) is 0 Å². The monoisotopic (exact) mass is 413 g/mol. The van der Waals surface area contributed by atoms with Crippen LogP contribution in [0.4, 0.5) is 5.13 Å². The highest BCUT2D eigenvalue weighted by atomic mass is 79.9. The molecule has 0 saturated carbocycles. The van der Waals surface area contributed by atoms with E-state index in [4.69, 9.17) is 9.47 Å². The van der Waals surface area contributed by atoms with Gasteiger partial charge in [-0.05, 0) is 46.5 Å². The van der Waals surface area contributed by atoms with Crippen molar-refractivity contribution in [3.63, 3.8) is 0 Å². The molecule has 130 valence electrons. The summed E-state index contributed by atoms with van der Waals surface area (Å²) in [4.78, 5) is 11.9. The second kappa shape index (κ2) is 9.71. The van der Waals surface area contributed by atoms with Gasteiger partial charge in [-0.25, -0.2) is 0 Å². The molecule has 1 heterocycles. The summed E-state index contributed by atoms with van der Waals surface area (Å²) in [5.41, 5.74) is 1.25. The number of methoxy groups -OCH3 is 1. The molecular formula is C16H20BrN3O3S. The maximum Gasteiger partial charge on any atom is 0.226 e. The van der Waals surface area contributed by atoms with E-state index in [1.165, 1.54) is 16.9 Å². The van der Waals surface area contributed by atoms with E-state index in [9.17, 15) is 4.79 Å². The summed E-state index contributed by atoms with van der Waals surface area (Å²) >= 11 is 4.81. The van der Waals surface area contributed by atoms with Crippen LogP contribution in [0.15, 0.2) is 22.7 Å². The minimum absolute atomic E-state index is 0.0980. The largest absolute Gasteiger partial charge is 0.492 e. The van der Waals surface area contributed by atoms with Crippen LogP contribution >= 0.6 is 27.3 Å². The Kier molecular flexibility index (Phi) is 7.61. The maximum absolute atomic E-state index is 11.9. The molecule has 0 saturated heterocycles. The predicted octanol–water partition coefficient (Wildman–Crippen LogP) is 3.81. The number of halogens is 1. The molecule has 2 aromatic rings. The molecule has 0 unspecified atom stereocenters. The molecule has 0 spiro atoms. The van der Waals surface area contributed by atoms with Crippen LogP contribution in [0.5, 0.6) is 5.75 Å². The van der Waals surface area contributed by atoms with Crippen molar-refractivity contribution in [3.05, 3.63) is 33.2 Å². The second-order valence-corrected chi connectivity index (χ2v) is 6.97. The zero-order chi connectivity index (χ0) is 17.4. The number of amides is 1. The van der Waals surface area contributed by atoms with Gasteiger partial charge in [0, 0.05) is 13.5 Å². The Bertz CT molecular complexity index is 678. The zero-order valence-corrected chi connectivity index (χ0v) is 16.1. The lowest BCUT2D eigenvalue weighted by Gasteiger charge is -2.09. The third kappa shape index (κ3) is 5.85. The van der Waals surface area contributed by atoms with Crippen molar-refractivity contribution in [2.45, 2.75) is 32.8 Å². The van der Waals surface area contributed by atoms with Crippen molar-refractivity contribution in [2.75, 3.05) is 19.0 Å². The number of rotatable bonds is 9. The van der Waals surface area contributed by atoms with Gasteiger partial charge in [0.25, 0.3) is 0 Å². The van der Waals surface area contributed by atoms with E-state index < -0.39 is 0 Å². The zero-order valence-electron chi connectivity index (χ0n) is 13.7. The van der Waals surface area contributed by atoms with Gasteiger partial charge in [-0.1, -0.05) is 24.3 Å². The number of aryl methyl sites for hydroxylation is 1. The van der Waals surface area contributed by atoms with Crippen molar-refractivity contribution in [2.24, 2.45) is 0 Å². The third-order valence-electron chi connectivity index (χ3n) is 3.19. The number of carbonyl (C=O) groups excluding carboxylic acids is 1. The van der Waals surface area contributed by atoms with E-state index in [0.29, 0.717) is 31.2 Å². The van der Waals surface area contributed by atoms with Crippen LogP contribution in [0.1, 0.15) is 30.3 Å². The highest BCUT2D eigenvalue weighted by Gasteiger charge is 2.08. The fraction of sp³-hybridized carbons (Fsp3) is 0.438. The standard InChI is InChI=1S/C16H20BrN3O3S/c1-3-11-6-7-13(12(17)9-11)23-8-4-5-14(21)18-16-20-19-15(24-16)10-22-2/h6-7,9H,3-5,8,10H2,1-2H3,(H,18,20,21). The Morgan fingerprint density at radius 1 is 1.38 bits per heavy atom. The Morgan fingerprint density at radius 2 is 2.21 bits per heavy atom. The summed E-state index contributed by atoms with van der Waals surface area (Å²) < 4.78 is 11.6. The Hall–Kier alpha value is -1.51. The Labute approximate surface area is 153 Å². The molecule has 0 fully saturated rings. The van der Waals surface area contributed by atoms with Gasteiger partial charge in [-0.2, -0.15) is 0 Å². The first kappa shape index (κ1) is 18.8. The quantitative estimate of drug-likeness (QED) is 0.632. The molecule has 1 amide bonds. The van der Waals surface area contributed by atoms with Gasteiger partial charge in [0.1, 0.15) is 17.4 Å². The second-order valence-electron chi connectivity index (χ2n) is 5.05. The lowest BCUT2D eigenvalue weighted by atomic mass is 10.2. The number of ether oxygens (including phenoxy) is 2. The third-order valence-corrected chi connectivity index (χ3v) is 4.62. The van der Waals surface area contributed by atoms with Crippen LogP contribution in [0.3, 0.4) is 0 Å². The van der Waals surface area contributed by atoms with E-state index in [1.807, 2.05) is 12.1 Å². The minimum Gasteiger partial charge on any atom is -0.492 e. The number of hydrogen-bond donors (Lipinski definition) is 1. The summed E-state index contributed by atoms with van der Waals surface area (Å²) in [5, 5.41) is 11.8. The van der Waals surface area contributed by atoms with Crippen LogP contribution in [-0.2, 0) is 22.6 Å². The molecule has 6 nitrogen and oxygen atoms in total. The van der Waals surface area contributed by atoms with Crippen LogP contribution < -0.4 is 10.1 Å². The number of carbonyl (C=O) groups is 1. The van der Waals surface area contributed by atoms with Gasteiger partial charge >= 0.3 is 0 Å². The molecule has 1 N–H and O–H groups in total. The Morgan fingerprint density at radius 3 is 2.92 bits per heavy atom. The van der Waals surface area contributed by atoms with E-state index in [0.717, 1.165) is 21.7 Å². The van der Waals surface area contributed by atoms with Crippen molar-refractivity contribution >= 4 is 38.3 Å². The molecule has 0 radical (unpaired) electrons. The van der Waals surface area contributed by atoms with Crippen LogP contribution in [-0.4, -0.2) is 29.8 Å². The number of hydrogen-bond acceptors (Lipinski definition) is 6. The fourth-order valence-electron chi connectivity index (χ4n) is 1.96. The van der Waals surface area contributed by atoms with E-state index in [1.54, 1.807) is 7.11 Å². The lowest BCUT2D eigenvalue weighted by Crippen LogP contribution is -2.12. The van der Waals surface area contributed by atoms with Crippen molar-refractivity contribution < 1.29 is 14.3 Å². The minimum atomic E-state index is -0.0980. The molecule has 8 heteroatoms. The average Bonchev–Trinajstić information content (AvgIpc) is 3.00. The van der Waals surface area contributed by atoms with Crippen molar-refractivity contribution in [3.8, 4) is 5.75 Å². The smallest absolute Gasteiger partial charge is 0.226 e. The lowest BCUT2D eigenvalue weighted by molar-refractivity contribution is -0.116. The van der Waals surface area contributed by atoms with Crippen molar-refractivity contribution in [1.82, 2.24) is 10.2 Å². The van der Waals surface area contributed by atoms with Crippen molar-refractivity contribution in [1.29, 1.82) is 0 Å². The molecular weight excluding hydrogens is 394 g/mol. The van der Waals surface area contributed by atoms with Gasteiger partial charge in [-0.15, -0.1) is 10.2 Å². The highest BCUT2D eigenvalue weighted by molar-refractivity contribution is 9.10. The van der Waals surface area contributed by atoms with Gasteiger partial charge < -0.3 is 14.8 Å². The summed E-state index contributed by atoms with van der Waals surface area (Å²) in [6.07, 6.45) is 1.97. The summed E-state index contributed by atoms with van der Waals surface area (Å²) in [7, 11) is 1.59. The van der Waals surface area contributed by atoms with Gasteiger partial charge in [0.05, 0.1) is 11.1 Å². The van der Waals surface area contributed by atoms with Gasteiger partial charge in [0.15, 0.2) is 0 Å². The maximum atomic E-state index is 11.9. The van der Waals surface area contributed by atoms with E-state index >= 15 is 0 Å². The number of benzene rings is 1. The highest BCUT2D eigenvalue weighted by Crippen LogP contribution is 2.26. The first-order valence-corrected chi connectivity index (χ1v) is 9.25. The summed E-state index contributed by atoms with van der Waals surface area (Å²) in [5.74, 6) is 0.694. The topological polar surface area (TPSA) is 73.3 Å². The van der Waals surface area contributed by atoms with Crippen LogP contribution in [0.25, 0.3) is 0 Å². The molecule has 1 aromatic carbocycles. The van der Waals surface area contributed by atoms with Gasteiger partial charge in [0.2, 0.25) is 11.0 Å². The number of aromatic nitrogens is 2. The molecule has 0 aliphatic rings. The predicted molar refractivity (Wildman–Crippen MR) is 97.5 cm³/mol. The SMILES string of the molecule is CCc1ccc(OCCCC(=O)Nc2nnc(COC)s2)c(Br)c1. The molecule has 0 aliphatic heterocycles. The number of nitrogens with one attached hydrogen (secondary N) is 1. The first-order valence-electron chi connectivity index (χ1n) is 7.64. The van der Waals surface area contributed by atoms with Crippen LogP contribution in [0.2, 0.25) is 0 Å². The summed E-state index contributed by atoms with van der Waals surface area (Å²) in [6, 6.07) is 6.04. The molecule has 0 aliphatic carbocycles. The number of anilines is 1. The van der Waals surface area contributed by atoms with E-state index in [2.05, 4.69) is 44.4 Å². The molecule has 2 rings (SSSR count). The molecule has 0 atom stereocenters. The fourth-order valence-corrected chi connectivity index (χ4v) is 3.23. The van der Waals surface area contributed by atoms with Gasteiger partial charge in [-0.3, -0.25) is 4.79 Å². The Balaban J connectivity index is 1.70. The van der Waals surface area contributed by atoms with E-state index in [-0.39, 0.29) is 5.91 Å². The summed E-state index contributed by atoms with van der Waals surface area (Å²) in [6.45, 7) is 2.98. The molecule has 1 aromatic heterocycles. The average molecular weight is 414 g/mol. The normalized spacial score (nSPS) is 10.6.